The van der Waals surface area contributed by atoms with Crippen LogP contribution in [0.2, 0.25) is 0 Å². The molecule has 1 aliphatic heterocycles. The van der Waals surface area contributed by atoms with E-state index in [0.717, 1.165) is 42.2 Å². The zero-order chi connectivity index (χ0) is 62.0. The van der Waals surface area contributed by atoms with Crippen LogP contribution in [0.4, 0.5) is 0 Å². The predicted molar refractivity (Wildman–Crippen MR) is 358 cm³/mol. The first-order chi connectivity index (χ1) is 42.0. The number of esters is 2. The Bertz CT molecular complexity index is 2040. The van der Waals surface area contributed by atoms with Gasteiger partial charge >= 0.3 is 17.6 Å². The molecule has 0 amide bonds. The Kier molecular flexibility index (Phi) is 46.1. The van der Waals surface area contributed by atoms with Gasteiger partial charge in [-0.2, -0.15) is 0 Å². The van der Waals surface area contributed by atoms with Gasteiger partial charge in [-0.05, 0) is 67.7 Å². The molecule has 2 aromatic rings. The molecule has 1 aliphatic rings. The summed E-state index contributed by atoms with van der Waals surface area (Å²) in [5, 5.41) is 21.4. The van der Waals surface area contributed by atoms with E-state index in [4.69, 9.17) is 14.2 Å². The molecule has 0 unspecified atom stereocenters. The van der Waals surface area contributed by atoms with Crippen LogP contribution in [0.5, 0.6) is 0 Å². The van der Waals surface area contributed by atoms with Crippen molar-refractivity contribution in [1.29, 1.82) is 0 Å². The molecular formula is C75H132N2O9. The normalized spacial score (nSPS) is 15.9. The van der Waals surface area contributed by atoms with Crippen molar-refractivity contribution < 1.29 is 34.0 Å². The number of hydrogen-bond donors (Lipinski definition) is 3. The minimum Gasteiger partial charge on any atom is -0.461 e. The molecule has 0 spiro atoms. The first-order valence-electron chi connectivity index (χ1n) is 36.9. The number of rotatable bonds is 59. The first kappa shape index (κ1) is 77.0. The second kappa shape index (κ2) is 51.5. The van der Waals surface area contributed by atoms with Crippen molar-refractivity contribution in [1.82, 2.24) is 9.55 Å². The fraction of sp³-hybridized carbons (Fsp3) is 0.840. The number of hydrogen-bond acceptors (Lipinski definition) is 9. The molecule has 11 nitrogen and oxygen atoms in total. The largest absolute Gasteiger partial charge is 0.461 e. The number of ether oxygens (including phenoxy) is 3. The lowest BCUT2D eigenvalue weighted by Crippen LogP contribution is -2.44. The minimum atomic E-state index is -2.26. The zero-order valence-electron chi connectivity index (χ0n) is 56.2. The summed E-state index contributed by atoms with van der Waals surface area (Å²) >= 11 is 0. The lowest BCUT2D eigenvalue weighted by atomic mass is 9.88. The average molecular weight is 1210 g/mol. The molecule has 3 atom stereocenters. The molecule has 1 aromatic heterocycles. The molecule has 0 aliphatic carbocycles. The summed E-state index contributed by atoms with van der Waals surface area (Å²) in [5.74, 6) is -3.67. The van der Waals surface area contributed by atoms with Gasteiger partial charge in [0, 0.05) is 11.8 Å². The summed E-state index contributed by atoms with van der Waals surface area (Å²) < 4.78 is 18.2. The summed E-state index contributed by atoms with van der Waals surface area (Å²) in [7, 11) is 0. The number of aliphatic hydroxyl groups excluding tert-OH is 1. The highest BCUT2D eigenvalue weighted by atomic mass is 16.7. The van der Waals surface area contributed by atoms with Crippen LogP contribution in [-0.4, -0.2) is 50.2 Å². The number of aromatic nitrogens is 2. The first-order valence-corrected chi connectivity index (χ1v) is 36.9. The lowest BCUT2D eigenvalue weighted by molar-refractivity contribution is -0.231. The molecule has 3 rings (SSSR count). The fourth-order valence-electron chi connectivity index (χ4n) is 13.0. The quantitative estimate of drug-likeness (QED) is 0.0333. The number of nitrogens with one attached hydrogen (secondary N) is 1. The number of aromatic amines is 1. The molecule has 0 radical (unpaired) electrons. The second-order valence-corrected chi connectivity index (χ2v) is 26.5. The van der Waals surface area contributed by atoms with Crippen LogP contribution >= 0.6 is 0 Å². The van der Waals surface area contributed by atoms with Gasteiger partial charge in [-0.1, -0.05) is 322 Å². The second-order valence-electron chi connectivity index (χ2n) is 26.5. The maximum atomic E-state index is 13.4. The van der Waals surface area contributed by atoms with Crippen LogP contribution in [0.1, 0.15) is 382 Å². The number of carbonyl (C=O) groups is 2. The Labute approximate surface area is 525 Å². The molecule has 0 saturated carbocycles. The van der Waals surface area contributed by atoms with E-state index in [1.807, 2.05) is 0 Å². The topological polar surface area (TPSA) is 157 Å². The van der Waals surface area contributed by atoms with Crippen LogP contribution in [-0.2, 0) is 49.7 Å². The summed E-state index contributed by atoms with van der Waals surface area (Å²) in [6.45, 7) is 7.82. The van der Waals surface area contributed by atoms with Gasteiger partial charge in [-0.15, -0.1) is 0 Å². The van der Waals surface area contributed by atoms with Crippen molar-refractivity contribution in [3.05, 3.63) is 67.0 Å². The number of aryl methyl sites for hydroxylation is 3. The monoisotopic (exact) mass is 1200 g/mol. The summed E-state index contributed by atoms with van der Waals surface area (Å²) in [6.07, 6.45) is 66.0. The van der Waals surface area contributed by atoms with Crippen LogP contribution < -0.4 is 11.2 Å². The Morgan fingerprint density at radius 1 is 0.512 bits per heavy atom. The summed E-state index contributed by atoms with van der Waals surface area (Å²) in [4.78, 5) is 53.3. The van der Waals surface area contributed by atoms with Gasteiger partial charge in [0.15, 0.2) is 0 Å². The van der Waals surface area contributed by atoms with Gasteiger partial charge in [-0.25, -0.2) is 4.79 Å². The fourth-order valence-corrected chi connectivity index (χ4v) is 13.0. The number of H-pyrrole nitrogens is 1. The third-order valence-corrected chi connectivity index (χ3v) is 18.5. The minimum absolute atomic E-state index is 0.116. The lowest BCUT2D eigenvalue weighted by Gasteiger charge is -2.26. The number of carbonyl (C=O) groups excluding carboxylic acids is 2. The van der Waals surface area contributed by atoms with Crippen molar-refractivity contribution in [2.75, 3.05) is 6.61 Å². The molecule has 2 heterocycles. The smallest absolute Gasteiger partial charge is 0.330 e. The SMILES string of the molecule is CCCCCCCCCCCCCCCCCCc1cc(COC(=O)CCC(=O)O[C@]2(O)C[C@H](n3cc(C)c(=O)[nH]c3=O)O[C@@H]2CO)cc(CCCCCCCCCCCCCCCCCC)c1CCCCCCCCCCCCCCCCCC. The highest BCUT2D eigenvalue weighted by Crippen LogP contribution is 2.37. The number of benzene rings is 1. The van der Waals surface area contributed by atoms with Gasteiger partial charge in [0.05, 0.1) is 25.9 Å². The molecule has 11 heteroatoms. The van der Waals surface area contributed by atoms with E-state index < -0.39 is 47.9 Å². The van der Waals surface area contributed by atoms with Crippen LogP contribution in [0, 0.1) is 6.92 Å². The summed E-state index contributed by atoms with van der Waals surface area (Å²) in [6, 6.07) is 4.61. The molecule has 1 saturated heterocycles. The molecule has 496 valence electrons. The van der Waals surface area contributed by atoms with E-state index in [0.29, 0.717) is 0 Å². The van der Waals surface area contributed by atoms with Crippen LogP contribution in [0.25, 0.3) is 0 Å². The van der Waals surface area contributed by atoms with E-state index >= 15 is 0 Å². The summed E-state index contributed by atoms with van der Waals surface area (Å²) in [5.41, 5.74) is 4.31. The number of nitrogens with zero attached hydrogens (tertiary/aromatic N) is 1. The highest BCUT2D eigenvalue weighted by molar-refractivity contribution is 5.77. The molecule has 0 bridgehead atoms. The Balaban J connectivity index is 1.61. The highest BCUT2D eigenvalue weighted by Gasteiger charge is 2.51. The van der Waals surface area contributed by atoms with Crippen LogP contribution in [0.3, 0.4) is 0 Å². The Hall–Kier alpha value is -3.28. The van der Waals surface area contributed by atoms with Gasteiger partial charge in [-0.3, -0.25) is 23.9 Å². The van der Waals surface area contributed by atoms with Gasteiger partial charge in [0.25, 0.3) is 5.56 Å². The van der Waals surface area contributed by atoms with Gasteiger partial charge in [0.2, 0.25) is 5.79 Å². The Morgan fingerprint density at radius 2 is 0.837 bits per heavy atom. The third-order valence-electron chi connectivity index (χ3n) is 18.5. The molecule has 3 N–H and O–H groups in total. The standard InChI is InChI=1S/C75H132N2O9/c1-5-8-11-14-17-20-23-26-29-32-35-38-41-44-47-50-53-66-58-65(63-84-71(79)56-57-72(80)86-75(83)60-70(85-69(75)62-78)77-61-64(4)73(81)76-74(77)82)59-67(54-51-48-45-42-39-36-33-30-27-24-21-18-15-12-9-6-2)68(66)55-52-49-46-43-40-37-34-31-28-25-22-19-16-13-10-7-3/h58-59,61,69-70,78,83H,5-57,60,62-63H2,1-4H3,(H,76,81,82)/t69-,70-,75-/m1/s1. The maximum absolute atomic E-state index is 13.4. The van der Waals surface area contributed by atoms with Gasteiger partial charge in [0.1, 0.15) is 18.9 Å². The predicted octanol–water partition coefficient (Wildman–Crippen LogP) is 20.3. The van der Waals surface area contributed by atoms with Crippen LogP contribution in [0.15, 0.2) is 27.9 Å². The number of aliphatic hydroxyl groups is 2. The van der Waals surface area contributed by atoms with E-state index in [-0.39, 0.29) is 31.4 Å². The van der Waals surface area contributed by atoms with Crippen molar-refractivity contribution >= 4 is 11.9 Å². The van der Waals surface area contributed by atoms with Crippen molar-refractivity contribution in [2.45, 2.75) is 399 Å². The van der Waals surface area contributed by atoms with E-state index in [2.05, 4.69) is 37.9 Å². The average Bonchev–Trinajstić information content (AvgIpc) is 2.10. The van der Waals surface area contributed by atoms with E-state index in [1.165, 1.54) is 325 Å². The Morgan fingerprint density at radius 3 is 1.19 bits per heavy atom. The molecular weight excluding hydrogens is 1070 g/mol. The maximum Gasteiger partial charge on any atom is 0.330 e. The third kappa shape index (κ3) is 36.4. The molecule has 1 fully saturated rings. The number of unbranched alkanes of at least 4 members (excludes halogenated alkanes) is 45. The van der Waals surface area contributed by atoms with E-state index in [1.54, 1.807) is 0 Å². The van der Waals surface area contributed by atoms with Crippen molar-refractivity contribution in [2.24, 2.45) is 0 Å². The molecule has 1 aromatic carbocycles. The van der Waals surface area contributed by atoms with Gasteiger partial charge < -0.3 is 24.4 Å². The van der Waals surface area contributed by atoms with Crippen molar-refractivity contribution in [3.8, 4) is 0 Å². The zero-order valence-corrected chi connectivity index (χ0v) is 56.2. The molecule has 86 heavy (non-hydrogen) atoms. The van der Waals surface area contributed by atoms with Crippen molar-refractivity contribution in [3.63, 3.8) is 0 Å². The van der Waals surface area contributed by atoms with E-state index in [9.17, 15) is 29.4 Å².